The van der Waals surface area contributed by atoms with E-state index < -0.39 is 0 Å². The molecule has 2 aromatic heterocycles. The molecule has 2 aromatic rings. The number of rotatable bonds is 4. The fraction of sp³-hybridized carbons (Fsp3) is 0.500. The van der Waals surface area contributed by atoms with Crippen molar-refractivity contribution in [1.82, 2.24) is 19.9 Å². The summed E-state index contributed by atoms with van der Waals surface area (Å²) in [7, 11) is 0. The number of hydrogen-bond donors (Lipinski definition) is 1. The summed E-state index contributed by atoms with van der Waals surface area (Å²) in [6, 6.07) is 6.69. The molecular formula is C16H22N4. The monoisotopic (exact) mass is 270 g/mol. The lowest BCUT2D eigenvalue weighted by Crippen LogP contribution is -2.22. The molecule has 0 atom stereocenters. The van der Waals surface area contributed by atoms with Crippen LogP contribution < -0.4 is 5.32 Å². The first-order valence-electron chi connectivity index (χ1n) is 7.49. The first-order valence-corrected chi connectivity index (χ1v) is 7.49. The van der Waals surface area contributed by atoms with Gasteiger partial charge in [0.2, 0.25) is 0 Å². The predicted molar refractivity (Wildman–Crippen MR) is 80.0 cm³/mol. The van der Waals surface area contributed by atoms with Crippen LogP contribution in [0, 0.1) is 0 Å². The summed E-state index contributed by atoms with van der Waals surface area (Å²) < 4.78 is 2.16. The van der Waals surface area contributed by atoms with Crippen molar-refractivity contribution in [3.63, 3.8) is 0 Å². The van der Waals surface area contributed by atoms with Crippen molar-refractivity contribution in [3.8, 4) is 5.82 Å². The highest BCUT2D eigenvalue weighted by Crippen LogP contribution is 2.22. The summed E-state index contributed by atoms with van der Waals surface area (Å²) in [5.74, 6) is 0.990. The third kappa shape index (κ3) is 2.75. The maximum atomic E-state index is 4.76. The van der Waals surface area contributed by atoms with Crippen LogP contribution in [0.25, 0.3) is 5.82 Å². The fourth-order valence-corrected chi connectivity index (χ4v) is 2.67. The van der Waals surface area contributed by atoms with Gasteiger partial charge in [0, 0.05) is 18.3 Å². The Morgan fingerprint density at radius 3 is 2.95 bits per heavy atom. The molecule has 4 heteroatoms. The van der Waals surface area contributed by atoms with Gasteiger partial charge in [-0.3, -0.25) is 4.57 Å². The zero-order chi connectivity index (χ0) is 13.9. The Morgan fingerprint density at radius 2 is 2.10 bits per heavy atom. The lowest BCUT2D eigenvalue weighted by atomic mass is 10.0. The second-order valence-electron chi connectivity index (χ2n) is 5.74. The molecule has 0 fully saturated rings. The predicted octanol–water partition coefficient (Wildman–Crippen LogP) is 2.64. The normalized spacial score (nSPS) is 14.6. The summed E-state index contributed by atoms with van der Waals surface area (Å²) in [6.07, 6.45) is 6.67. The molecule has 4 nitrogen and oxygen atoms in total. The molecule has 1 aliphatic rings. The zero-order valence-corrected chi connectivity index (χ0v) is 12.3. The minimum atomic E-state index is 0.474. The summed E-state index contributed by atoms with van der Waals surface area (Å²) in [5, 5.41) is 3.41. The Bertz CT molecular complexity index is 586. The van der Waals surface area contributed by atoms with E-state index in [1.807, 2.05) is 6.33 Å². The number of aryl methyl sites for hydroxylation is 1. The van der Waals surface area contributed by atoms with Gasteiger partial charge in [-0.2, -0.15) is 0 Å². The number of imidazole rings is 1. The Kier molecular flexibility index (Phi) is 3.83. The molecule has 0 bridgehead atoms. The standard InChI is InChI=1S/C16H22N4/c1-12(2)17-10-13-6-5-9-16(19-13)20-11-18-14-7-3-4-8-15(14)20/h5-6,9,11-12,17H,3-4,7-8,10H2,1-2H3. The van der Waals surface area contributed by atoms with Crippen LogP contribution in [0.4, 0.5) is 0 Å². The first kappa shape index (κ1) is 13.3. The van der Waals surface area contributed by atoms with Gasteiger partial charge < -0.3 is 5.32 Å². The summed E-state index contributed by atoms with van der Waals surface area (Å²) >= 11 is 0. The molecule has 0 saturated heterocycles. The highest BCUT2D eigenvalue weighted by molar-refractivity contribution is 5.31. The number of aromatic nitrogens is 3. The molecule has 1 aliphatic carbocycles. The van der Waals surface area contributed by atoms with E-state index in [4.69, 9.17) is 4.98 Å². The van der Waals surface area contributed by atoms with Crippen LogP contribution in [0.5, 0.6) is 0 Å². The third-order valence-electron chi connectivity index (χ3n) is 3.76. The molecule has 1 N–H and O–H groups in total. The summed E-state index contributed by atoms with van der Waals surface area (Å²) in [4.78, 5) is 9.30. The molecule has 0 radical (unpaired) electrons. The van der Waals surface area contributed by atoms with Crippen LogP contribution in [-0.2, 0) is 19.4 Å². The minimum absolute atomic E-state index is 0.474. The first-order chi connectivity index (χ1) is 9.74. The number of hydrogen-bond acceptors (Lipinski definition) is 3. The Labute approximate surface area is 120 Å². The zero-order valence-electron chi connectivity index (χ0n) is 12.3. The molecule has 0 aliphatic heterocycles. The second-order valence-corrected chi connectivity index (χ2v) is 5.74. The van der Waals surface area contributed by atoms with Gasteiger partial charge in [-0.15, -0.1) is 0 Å². The lowest BCUT2D eigenvalue weighted by molar-refractivity contribution is 0.580. The number of nitrogens with one attached hydrogen (secondary N) is 1. The van der Waals surface area contributed by atoms with Crippen molar-refractivity contribution in [2.24, 2.45) is 0 Å². The molecule has 20 heavy (non-hydrogen) atoms. The molecule has 0 saturated carbocycles. The van der Waals surface area contributed by atoms with Crippen molar-refractivity contribution in [1.29, 1.82) is 0 Å². The van der Waals surface area contributed by atoms with Gasteiger partial charge in [-0.05, 0) is 37.8 Å². The van der Waals surface area contributed by atoms with Gasteiger partial charge in [0.25, 0.3) is 0 Å². The molecule has 106 valence electrons. The fourth-order valence-electron chi connectivity index (χ4n) is 2.67. The van der Waals surface area contributed by atoms with Crippen LogP contribution >= 0.6 is 0 Å². The van der Waals surface area contributed by atoms with E-state index in [0.717, 1.165) is 30.9 Å². The maximum absolute atomic E-state index is 4.76. The molecule has 2 heterocycles. The van der Waals surface area contributed by atoms with E-state index in [9.17, 15) is 0 Å². The quantitative estimate of drug-likeness (QED) is 0.928. The highest BCUT2D eigenvalue weighted by atomic mass is 15.1. The van der Waals surface area contributed by atoms with Gasteiger partial charge in [-0.1, -0.05) is 19.9 Å². The molecule has 0 amide bonds. The van der Waals surface area contributed by atoms with Gasteiger partial charge in [0.15, 0.2) is 0 Å². The van der Waals surface area contributed by atoms with E-state index in [1.165, 1.54) is 24.2 Å². The van der Waals surface area contributed by atoms with E-state index in [1.54, 1.807) is 0 Å². The molecule has 0 aromatic carbocycles. The van der Waals surface area contributed by atoms with Gasteiger partial charge in [-0.25, -0.2) is 9.97 Å². The van der Waals surface area contributed by atoms with E-state index >= 15 is 0 Å². The van der Waals surface area contributed by atoms with E-state index in [-0.39, 0.29) is 0 Å². The lowest BCUT2D eigenvalue weighted by Gasteiger charge is -2.14. The summed E-state index contributed by atoms with van der Waals surface area (Å²) in [5.41, 5.74) is 3.68. The average molecular weight is 270 g/mol. The van der Waals surface area contributed by atoms with Crippen LogP contribution in [0.3, 0.4) is 0 Å². The molecule has 0 unspecified atom stereocenters. The van der Waals surface area contributed by atoms with E-state index in [0.29, 0.717) is 6.04 Å². The van der Waals surface area contributed by atoms with Crippen LogP contribution in [0.2, 0.25) is 0 Å². The van der Waals surface area contributed by atoms with Gasteiger partial charge in [0.05, 0.1) is 11.4 Å². The van der Waals surface area contributed by atoms with Crippen molar-refractivity contribution >= 4 is 0 Å². The van der Waals surface area contributed by atoms with Crippen molar-refractivity contribution in [2.75, 3.05) is 0 Å². The van der Waals surface area contributed by atoms with Crippen molar-refractivity contribution in [2.45, 2.75) is 52.1 Å². The summed E-state index contributed by atoms with van der Waals surface area (Å²) in [6.45, 7) is 5.11. The van der Waals surface area contributed by atoms with Gasteiger partial charge >= 0.3 is 0 Å². The Balaban J connectivity index is 1.86. The van der Waals surface area contributed by atoms with Crippen LogP contribution in [0.1, 0.15) is 43.8 Å². The SMILES string of the molecule is CC(C)NCc1cccc(-n2cnc3c2CCCC3)n1. The van der Waals surface area contributed by atoms with Crippen LogP contribution in [0.15, 0.2) is 24.5 Å². The topological polar surface area (TPSA) is 42.7 Å². The van der Waals surface area contributed by atoms with Crippen molar-refractivity contribution in [3.05, 3.63) is 41.6 Å². The Hall–Kier alpha value is -1.68. The van der Waals surface area contributed by atoms with Gasteiger partial charge in [0.1, 0.15) is 12.1 Å². The third-order valence-corrected chi connectivity index (χ3v) is 3.76. The van der Waals surface area contributed by atoms with Crippen LogP contribution in [-0.4, -0.2) is 20.6 Å². The largest absolute Gasteiger partial charge is 0.309 e. The van der Waals surface area contributed by atoms with E-state index in [2.05, 4.69) is 46.9 Å². The number of fused-ring (bicyclic) bond motifs is 1. The van der Waals surface area contributed by atoms with Crippen molar-refractivity contribution < 1.29 is 0 Å². The second kappa shape index (κ2) is 5.75. The molecular weight excluding hydrogens is 248 g/mol. The highest BCUT2D eigenvalue weighted by Gasteiger charge is 2.16. The average Bonchev–Trinajstić information content (AvgIpc) is 2.89. The maximum Gasteiger partial charge on any atom is 0.138 e. The number of nitrogens with zero attached hydrogens (tertiary/aromatic N) is 3. The molecule has 0 spiro atoms. The Morgan fingerprint density at radius 1 is 1.25 bits per heavy atom. The number of pyridine rings is 1. The molecule has 3 rings (SSSR count). The smallest absolute Gasteiger partial charge is 0.138 e. The minimum Gasteiger partial charge on any atom is -0.309 e.